The molecule has 1 heterocycles. The molecule has 0 aliphatic rings. The predicted molar refractivity (Wildman–Crippen MR) is 62.7 cm³/mol. The number of carboxylic acid groups (broad SMARTS) is 1. The molecule has 5 heteroatoms. The highest BCUT2D eigenvalue weighted by atomic mass is 32.1. The summed E-state index contributed by atoms with van der Waals surface area (Å²) in [4.78, 5) is 14.8. The quantitative estimate of drug-likeness (QED) is 0.882. The Morgan fingerprint density at radius 3 is 2.69 bits per heavy atom. The Morgan fingerprint density at radius 2 is 2.25 bits per heavy atom. The van der Waals surface area contributed by atoms with E-state index in [4.69, 9.17) is 9.84 Å². The average Bonchev–Trinajstić information content (AvgIpc) is 2.50. The molecule has 0 aliphatic heterocycles. The van der Waals surface area contributed by atoms with Gasteiger partial charge in [-0.1, -0.05) is 20.8 Å². The van der Waals surface area contributed by atoms with E-state index in [-0.39, 0.29) is 17.9 Å². The lowest BCUT2D eigenvalue weighted by atomic mass is 9.89. The van der Waals surface area contributed by atoms with Crippen LogP contribution in [-0.4, -0.2) is 23.2 Å². The number of aliphatic carboxylic acids is 1. The van der Waals surface area contributed by atoms with Crippen molar-refractivity contribution in [3.05, 3.63) is 16.1 Å². The smallest absolute Gasteiger partial charge is 0.309 e. The fraction of sp³-hybridized carbons (Fsp3) is 0.636. The summed E-state index contributed by atoms with van der Waals surface area (Å²) < 4.78 is 5.42. The van der Waals surface area contributed by atoms with Crippen LogP contribution in [0.1, 0.15) is 37.6 Å². The number of aromatic nitrogens is 1. The zero-order valence-corrected chi connectivity index (χ0v) is 10.8. The van der Waals surface area contributed by atoms with Gasteiger partial charge in [-0.3, -0.25) is 4.79 Å². The highest BCUT2D eigenvalue weighted by Gasteiger charge is 2.28. The van der Waals surface area contributed by atoms with Gasteiger partial charge in [-0.2, -0.15) is 0 Å². The molecule has 0 radical (unpaired) electrons. The molecule has 0 aromatic carbocycles. The third kappa shape index (κ3) is 3.28. The zero-order valence-electron chi connectivity index (χ0n) is 9.98. The highest BCUT2D eigenvalue weighted by Crippen LogP contribution is 2.36. The van der Waals surface area contributed by atoms with Crippen LogP contribution in [0.4, 0.5) is 0 Å². The Bertz CT molecular complexity index is 368. The van der Waals surface area contributed by atoms with Crippen molar-refractivity contribution in [1.82, 2.24) is 4.98 Å². The molecule has 90 valence electrons. The highest BCUT2D eigenvalue weighted by molar-refractivity contribution is 7.09. The molecule has 0 saturated heterocycles. The van der Waals surface area contributed by atoms with Gasteiger partial charge in [-0.15, -0.1) is 11.3 Å². The van der Waals surface area contributed by atoms with Gasteiger partial charge >= 0.3 is 5.97 Å². The van der Waals surface area contributed by atoms with Crippen molar-refractivity contribution in [3.63, 3.8) is 0 Å². The number of carboxylic acids is 1. The summed E-state index contributed by atoms with van der Waals surface area (Å²) in [6.45, 7) is 6.21. The summed E-state index contributed by atoms with van der Waals surface area (Å²) in [5.41, 5.74) is 0.548. The number of ether oxygens (including phenoxy) is 1. The van der Waals surface area contributed by atoms with E-state index in [0.717, 1.165) is 5.01 Å². The Balaban J connectivity index is 2.87. The maximum atomic E-state index is 10.5. The number of thiazole rings is 1. The summed E-state index contributed by atoms with van der Waals surface area (Å²) in [5, 5.41) is 11.3. The van der Waals surface area contributed by atoms with Gasteiger partial charge in [0.2, 0.25) is 0 Å². The van der Waals surface area contributed by atoms with Crippen molar-refractivity contribution in [1.29, 1.82) is 0 Å². The van der Waals surface area contributed by atoms with Crippen LogP contribution in [0, 0.1) is 5.41 Å². The van der Waals surface area contributed by atoms with E-state index in [1.54, 1.807) is 12.5 Å². The molecule has 0 spiro atoms. The Kier molecular flexibility index (Phi) is 4.04. The van der Waals surface area contributed by atoms with Crippen LogP contribution < -0.4 is 0 Å². The van der Waals surface area contributed by atoms with Gasteiger partial charge < -0.3 is 9.84 Å². The molecule has 1 aromatic heterocycles. The lowest BCUT2D eigenvalue weighted by Gasteiger charge is -2.27. The molecule has 1 aromatic rings. The summed E-state index contributed by atoms with van der Waals surface area (Å²) >= 11 is 1.45. The first-order valence-electron chi connectivity index (χ1n) is 5.03. The fourth-order valence-electron chi connectivity index (χ4n) is 1.50. The Labute approximate surface area is 99.3 Å². The zero-order chi connectivity index (χ0) is 12.3. The number of hydrogen-bond acceptors (Lipinski definition) is 4. The standard InChI is InChI=1S/C11H17NO3S/c1-11(2,3)9(15-4)10-12-7(6-16-10)5-8(13)14/h6,9H,5H2,1-4H3,(H,13,14). The summed E-state index contributed by atoms with van der Waals surface area (Å²) in [5.74, 6) is -0.860. The SMILES string of the molecule is COC(c1nc(CC(=O)O)cs1)C(C)(C)C. The molecular weight excluding hydrogens is 226 g/mol. The molecular formula is C11H17NO3S. The molecule has 1 rings (SSSR count). The minimum Gasteiger partial charge on any atom is -0.481 e. The van der Waals surface area contributed by atoms with Crippen LogP contribution >= 0.6 is 11.3 Å². The van der Waals surface area contributed by atoms with E-state index in [2.05, 4.69) is 25.8 Å². The second-order valence-corrected chi connectivity index (χ2v) is 5.62. The van der Waals surface area contributed by atoms with Crippen molar-refractivity contribution < 1.29 is 14.6 Å². The van der Waals surface area contributed by atoms with Gasteiger partial charge in [-0.25, -0.2) is 4.98 Å². The first kappa shape index (κ1) is 13.1. The molecule has 0 fully saturated rings. The monoisotopic (exact) mass is 243 g/mol. The van der Waals surface area contributed by atoms with Crippen LogP contribution in [0.15, 0.2) is 5.38 Å². The van der Waals surface area contributed by atoms with E-state index in [9.17, 15) is 4.79 Å². The first-order valence-corrected chi connectivity index (χ1v) is 5.91. The van der Waals surface area contributed by atoms with Crippen molar-refractivity contribution >= 4 is 17.3 Å². The maximum absolute atomic E-state index is 10.5. The van der Waals surface area contributed by atoms with Crippen molar-refractivity contribution in [3.8, 4) is 0 Å². The number of hydrogen-bond donors (Lipinski definition) is 1. The lowest BCUT2D eigenvalue weighted by molar-refractivity contribution is -0.136. The molecule has 4 nitrogen and oxygen atoms in total. The van der Waals surface area contributed by atoms with Crippen LogP contribution in [0.2, 0.25) is 0 Å². The fourth-order valence-corrected chi connectivity index (χ4v) is 2.64. The minimum absolute atomic E-state index is 0.0307. The number of methoxy groups -OCH3 is 1. The van der Waals surface area contributed by atoms with Crippen molar-refractivity contribution in [2.24, 2.45) is 5.41 Å². The molecule has 16 heavy (non-hydrogen) atoms. The van der Waals surface area contributed by atoms with E-state index >= 15 is 0 Å². The van der Waals surface area contributed by atoms with Gasteiger partial charge in [0.15, 0.2) is 0 Å². The van der Waals surface area contributed by atoms with E-state index < -0.39 is 5.97 Å². The van der Waals surface area contributed by atoms with Gasteiger partial charge in [0.05, 0.1) is 12.1 Å². The normalized spacial score (nSPS) is 13.8. The van der Waals surface area contributed by atoms with Crippen LogP contribution in [0.3, 0.4) is 0 Å². The van der Waals surface area contributed by atoms with Crippen LogP contribution in [0.25, 0.3) is 0 Å². The molecule has 0 aliphatic carbocycles. The maximum Gasteiger partial charge on any atom is 0.309 e. The van der Waals surface area contributed by atoms with Gasteiger partial charge in [0.25, 0.3) is 0 Å². The topological polar surface area (TPSA) is 59.4 Å². The van der Waals surface area contributed by atoms with Gasteiger partial charge in [0.1, 0.15) is 11.1 Å². The van der Waals surface area contributed by atoms with Gasteiger partial charge in [-0.05, 0) is 5.41 Å². The van der Waals surface area contributed by atoms with Crippen LogP contribution in [0.5, 0.6) is 0 Å². The van der Waals surface area contributed by atoms with Gasteiger partial charge in [0, 0.05) is 12.5 Å². The number of rotatable bonds is 4. The second-order valence-electron chi connectivity index (χ2n) is 4.73. The number of carbonyl (C=O) groups is 1. The Hall–Kier alpha value is -0.940. The lowest BCUT2D eigenvalue weighted by Crippen LogP contribution is -2.20. The molecule has 0 amide bonds. The minimum atomic E-state index is -0.860. The summed E-state index contributed by atoms with van der Waals surface area (Å²) in [6, 6.07) is 0. The van der Waals surface area contributed by atoms with E-state index in [1.165, 1.54) is 11.3 Å². The molecule has 1 unspecified atom stereocenters. The summed E-state index contributed by atoms with van der Waals surface area (Å²) in [6.07, 6.45) is -0.128. The van der Waals surface area contributed by atoms with E-state index in [1.807, 2.05) is 0 Å². The van der Waals surface area contributed by atoms with Crippen molar-refractivity contribution in [2.75, 3.05) is 7.11 Å². The molecule has 0 bridgehead atoms. The number of nitrogens with zero attached hydrogens (tertiary/aromatic N) is 1. The van der Waals surface area contributed by atoms with Crippen molar-refractivity contribution in [2.45, 2.75) is 33.3 Å². The van der Waals surface area contributed by atoms with E-state index in [0.29, 0.717) is 5.69 Å². The third-order valence-electron chi connectivity index (χ3n) is 2.15. The second kappa shape index (κ2) is 4.93. The average molecular weight is 243 g/mol. The first-order chi connectivity index (χ1) is 7.34. The third-order valence-corrected chi connectivity index (χ3v) is 3.09. The molecule has 0 saturated carbocycles. The predicted octanol–water partition coefficient (Wildman–Crippen LogP) is 2.50. The Morgan fingerprint density at radius 1 is 1.62 bits per heavy atom. The molecule has 1 N–H and O–H groups in total. The molecule has 1 atom stereocenters. The summed E-state index contributed by atoms with van der Waals surface area (Å²) in [7, 11) is 1.65. The largest absolute Gasteiger partial charge is 0.481 e. The van der Waals surface area contributed by atoms with Crippen LogP contribution in [-0.2, 0) is 16.0 Å².